The van der Waals surface area contributed by atoms with Crippen molar-refractivity contribution in [2.45, 2.75) is 25.2 Å². The molecule has 1 atom stereocenters. The molecule has 1 amide bonds. The van der Waals surface area contributed by atoms with Gasteiger partial charge in [0.1, 0.15) is 5.84 Å². The number of amidine groups is 1. The highest BCUT2D eigenvalue weighted by Gasteiger charge is 2.32. The van der Waals surface area contributed by atoms with Gasteiger partial charge in [0.15, 0.2) is 0 Å². The highest BCUT2D eigenvalue weighted by atomic mass is 16.1. The van der Waals surface area contributed by atoms with Crippen molar-refractivity contribution in [2.75, 3.05) is 19.6 Å². The van der Waals surface area contributed by atoms with Crippen molar-refractivity contribution >= 4 is 11.7 Å². The van der Waals surface area contributed by atoms with Crippen LogP contribution < -0.4 is 10.6 Å². The lowest BCUT2D eigenvalue weighted by atomic mass is 9.91. The van der Waals surface area contributed by atoms with Crippen LogP contribution in [0.5, 0.6) is 0 Å². The fourth-order valence-corrected chi connectivity index (χ4v) is 4.29. The Morgan fingerprint density at radius 2 is 2.04 bits per heavy atom. The van der Waals surface area contributed by atoms with Gasteiger partial charge in [0, 0.05) is 48.6 Å². The normalized spacial score (nSPS) is 24.7. The molecule has 0 bridgehead atoms. The molecule has 0 radical (unpaired) electrons. The number of benzene rings is 1. The van der Waals surface area contributed by atoms with Crippen LogP contribution in [0.3, 0.4) is 0 Å². The number of nitrogens with zero attached hydrogens (tertiary/aromatic N) is 2. The summed E-state index contributed by atoms with van der Waals surface area (Å²) in [5, 5.41) is 6.49. The zero-order chi connectivity index (χ0) is 17.5. The average Bonchev–Trinajstić information content (AvgIpc) is 3.03. The Balaban J connectivity index is 1.46. The van der Waals surface area contributed by atoms with Crippen LogP contribution in [0, 0.1) is 0 Å². The maximum absolute atomic E-state index is 11.8. The van der Waals surface area contributed by atoms with Gasteiger partial charge in [0.2, 0.25) is 5.91 Å². The fraction of sp³-hybridized carbons (Fsp3) is 0.333. The summed E-state index contributed by atoms with van der Waals surface area (Å²) >= 11 is 0. The van der Waals surface area contributed by atoms with E-state index >= 15 is 0 Å². The third kappa shape index (κ3) is 2.59. The van der Waals surface area contributed by atoms with E-state index in [9.17, 15) is 4.79 Å². The Morgan fingerprint density at radius 1 is 1.15 bits per heavy atom. The van der Waals surface area contributed by atoms with Crippen LogP contribution in [0.1, 0.15) is 36.3 Å². The standard InChI is InChI=1S/C21H22N4O/c26-19-8-7-17-13-23-21(25-11-9-18(24-19)20(17)25)15-5-3-14(4-6-15)16-2-1-10-22-12-16/h3-8,13,16,22H,1-2,9-12H2,(H,24,26). The number of rotatable bonds is 2. The van der Waals surface area contributed by atoms with Crippen molar-refractivity contribution < 1.29 is 4.79 Å². The minimum Gasteiger partial charge on any atom is -0.324 e. The molecule has 2 N–H and O–H groups in total. The van der Waals surface area contributed by atoms with Gasteiger partial charge in [-0.2, -0.15) is 0 Å². The Kier molecular flexibility index (Phi) is 3.75. The fourth-order valence-electron chi connectivity index (χ4n) is 4.29. The molecular formula is C21H22N4O. The SMILES string of the molecule is O=C1C=CC2=CN=C(c3ccc(C4CCCNC4)cc3)N3CCC(=C23)N1. The number of carbonyl (C=O) groups is 1. The molecule has 4 aliphatic heterocycles. The molecule has 4 heterocycles. The molecule has 5 nitrogen and oxygen atoms in total. The van der Waals surface area contributed by atoms with E-state index in [0.29, 0.717) is 5.92 Å². The summed E-state index contributed by atoms with van der Waals surface area (Å²) in [5.41, 5.74) is 5.63. The van der Waals surface area contributed by atoms with Crippen molar-refractivity contribution in [3.05, 3.63) is 70.7 Å². The third-order valence-electron chi connectivity index (χ3n) is 5.62. The van der Waals surface area contributed by atoms with Crippen LogP contribution in [0.25, 0.3) is 0 Å². The summed E-state index contributed by atoms with van der Waals surface area (Å²) in [6, 6.07) is 8.86. The van der Waals surface area contributed by atoms with Gasteiger partial charge in [-0.05, 0) is 36.9 Å². The molecular weight excluding hydrogens is 324 g/mol. The van der Waals surface area contributed by atoms with Gasteiger partial charge in [0.25, 0.3) is 0 Å². The van der Waals surface area contributed by atoms with Crippen LogP contribution in [-0.4, -0.2) is 36.3 Å². The van der Waals surface area contributed by atoms with Crippen LogP contribution >= 0.6 is 0 Å². The van der Waals surface area contributed by atoms with Crippen LogP contribution in [0.4, 0.5) is 0 Å². The molecule has 132 valence electrons. The van der Waals surface area contributed by atoms with Crippen molar-refractivity contribution in [3.63, 3.8) is 0 Å². The summed E-state index contributed by atoms with van der Waals surface area (Å²) in [5.74, 6) is 1.52. The van der Waals surface area contributed by atoms with Crippen molar-refractivity contribution in [3.8, 4) is 0 Å². The molecule has 1 saturated heterocycles. The van der Waals surface area contributed by atoms with Crippen LogP contribution in [-0.2, 0) is 4.79 Å². The number of hydrogen-bond acceptors (Lipinski definition) is 4. The van der Waals surface area contributed by atoms with E-state index in [4.69, 9.17) is 4.99 Å². The first-order valence-corrected chi connectivity index (χ1v) is 9.39. The summed E-state index contributed by atoms with van der Waals surface area (Å²) in [6.07, 6.45) is 8.66. The molecule has 0 aromatic heterocycles. The molecule has 26 heavy (non-hydrogen) atoms. The average molecular weight is 346 g/mol. The lowest BCUT2D eigenvalue weighted by Crippen LogP contribution is -2.31. The molecule has 0 spiro atoms. The van der Waals surface area contributed by atoms with Crippen LogP contribution in [0.15, 0.2) is 64.6 Å². The molecule has 4 aliphatic rings. The van der Waals surface area contributed by atoms with E-state index < -0.39 is 0 Å². The van der Waals surface area contributed by atoms with E-state index in [1.807, 2.05) is 12.3 Å². The molecule has 0 aliphatic carbocycles. The first-order chi connectivity index (χ1) is 12.8. The van der Waals surface area contributed by atoms with E-state index in [1.54, 1.807) is 6.08 Å². The van der Waals surface area contributed by atoms with Crippen LogP contribution in [0.2, 0.25) is 0 Å². The topological polar surface area (TPSA) is 56.7 Å². The Bertz CT molecular complexity index is 870. The lowest BCUT2D eigenvalue weighted by molar-refractivity contribution is -0.115. The zero-order valence-electron chi connectivity index (χ0n) is 14.7. The first-order valence-electron chi connectivity index (χ1n) is 9.39. The number of amides is 1. The first kappa shape index (κ1) is 15.6. The number of piperidine rings is 1. The predicted molar refractivity (Wildman–Crippen MR) is 102 cm³/mol. The Hall–Kier alpha value is -2.66. The second-order valence-electron chi connectivity index (χ2n) is 7.25. The number of allylic oxidation sites excluding steroid dienone is 1. The number of nitrogens with one attached hydrogen (secondary N) is 2. The minimum absolute atomic E-state index is 0.0587. The summed E-state index contributed by atoms with van der Waals surface area (Å²) in [7, 11) is 0. The highest BCUT2D eigenvalue weighted by Crippen LogP contribution is 2.34. The molecule has 1 aromatic carbocycles. The van der Waals surface area contributed by atoms with Gasteiger partial charge >= 0.3 is 0 Å². The van der Waals surface area contributed by atoms with Gasteiger partial charge in [-0.25, -0.2) is 4.99 Å². The van der Waals surface area contributed by atoms with Gasteiger partial charge in [-0.15, -0.1) is 0 Å². The molecule has 1 unspecified atom stereocenters. The van der Waals surface area contributed by atoms with E-state index in [-0.39, 0.29) is 5.91 Å². The number of aliphatic imine (C=N–C) groups is 1. The Labute approximate surface area is 153 Å². The van der Waals surface area contributed by atoms with E-state index in [1.165, 1.54) is 18.4 Å². The lowest BCUT2D eigenvalue weighted by Gasteiger charge is -2.28. The molecule has 1 aromatic rings. The van der Waals surface area contributed by atoms with Crippen molar-refractivity contribution in [1.82, 2.24) is 15.5 Å². The van der Waals surface area contributed by atoms with Gasteiger partial charge in [-0.1, -0.05) is 24.3 Å². The van der Waals surface area contributed by atoms with Crippen molar-refractivity contribution in [1.29, 1.82) is 0 Å². The van der Waals surface area contributed by atoms with E-state index in [0.717, 1.165) is 54.4 Å². The summed E-state index contributed by atoms with van der Waals surface area (Å²) < 4.78 is 0. The molecule has 5 heteroatoms. The Morgan fingerprint density at radius 3 is 2.85 bits per heavy atom. The summed E-state index contributed by atoms with van der Waals surface area (Å²) in [6.45, 7) is 3.06. The summed E-state index contributed by atoms with van der Waals surface area (Å²) in [4.78, 5) is 18.8. The number of carbonyl (C=O) groups excluding carboxylic acids is 1. The van der Waals surface area contributed by atoms with Gasteiger partial charge < -0.3 is 15.5 Å². The highest BCUT2D eigenvalue weighted by molar-refractivity contribution is 6.02. The molecule has 5 rings (SSSR count). The maximum atomic E-state index is 11.8. The quantitative estimate of drug-likeness (QED) is 0.865. The largest absolute Gasteiger partial charge is 0.324 e. The smallest absolute Gasteiger partial charge is 0.248 e. The van der Waals surface area contributed by atoms with Crippen molar-refractivity contribution in [2.24, 2.45) is 4.99 Å². The predicted octanol–water partition coefficient (Wildman–Crippen LogP) is 2.40. The maximum Gasteiger partial charge on any atom is 0.248 e. The van der Waals surface area contributed by atoms with Gasteiger partial charge in [0.05, 0.1) is 5.70 Å². The zero-order valence-corrected chi connectivity index (χ0v) is 14.7. The molecule has 1 fully saturated rings. The van der Waals surface area contributed by atoms with E-state index in [2.05, 4.69) is 39.8 Å². The van der Waals surface area contributed by atoms with Gasteiger partial charge in [-0.3, -0.25) is 4.79 Å². The second kappa shape index (κ2) is 6.25. The second-order valence-corrected chi connectivity index (χ2v) is 7.25. The molecule has 0 saturated carbocycles. The third-order valence-corrected chi connectivity index (χ3v) is 5.62. The number of hydrogen-bond donors (Lipinski definition) is 2. The monoisotopic (exact) mass is 346 g/mol. The minimum atomic E-state index is -0.0587.